The lowest BCUT2D eigenvalue weighted by atomic mass is 9.97. The molecule has 5 heteroatoms. The van der Waals surface area contributed by atoms with Gasteiger partial charge in [0, 0.05) is 23.7 Å². The first kappa shape index (κ1) is 17.4. The minimum atomic E-state index is -0.864. The van der Waals surface area contributed by atoms with Crippen LogP contribution >= 0.6 is 0 Å². The van der Waals surface area contributed by atoms with Crippen molar-refractivity contribution in [3.05, 3.63) is 29.6 Å². The van der Waals surface area contributed by atoms with Gasteiger partial charge in [0.1, 0.15) is 11.6 Å². The van der Waals surface area contributed by atoms with Gasteiger partial charge in [0.15, 0.2) is 0 Å². The molecular weight excluding hydrogens is 273 g/mol. The third-order valence-electron chi connectivity index (χ3n) is 3.55. The summed E-state index contributed by atoms with van der Waals surface area (Å²) in [5, 5.41) is 8.91. The smallest absolute Gasteiger partial charge is 0.304 e. The number of hydrogen-bond donors (Lipinski definition) is 1. The van der Waals surface area contributed by atoms with Crippen molar-refractivity contribution in [1.82, 2.24) is 4.90 Å². The van der Waals surface area contributed by atoms with Crippen LogP contribution in [-0.4, -0.2) is 35.2 Å². The Morgan fingerprint density at radius 2 is 2.05 bits per heavy atom. The van der Waals surface area contributed by atoms with Gasteiger partial charge in [-0.25, -0.2) is 4.39 Å². The molecule has 1 N–H and O–H groups in total. The van der Waals surface area contributed by atoms with Crippen LogP contribution in [0.4, 0.5) is 4.39 Å². The van der Waals surface area contributed by atoms with E-state index in [9.17, 15) is 9.18 Å². The van der Waals surface area contributed by atoms with Gasteiger partial charge in [0.2, 0.25) is 0 Å². The van der Waals surface area contributed by atoms with E-state index in [0.29, 0.717) is 17.9 Å². The molecule has 118 valence electrons. The van der Waals surface area contributed by atoms with Crippen LogP contribution in [0.25, 0.3) is 0 Å². The van der Waals surface area contributed by atoms with Crippen LogP contribution in [0.3, 0.4) is 0 Å². The maximum Gasteiger partial charge on any atom is 0.304 e. The van der Waals surface area contributed by atoms with Crippen molar-refractivity contribution < 1.29 is 19.0 Å². The number of rotatable bonds is 6. The number of nitrogens with zero attached hydrogens (tertiary/aromatic N) is 1. The van der Waals surface area contributed by atoms with E-state index in [0.717, 1.165) is 0 Å². The lowest BCUT2D eigenvalue weighted by Gasteiger charge is -2.40. The van der Waals surface area contributed by atoms with E-state index in [1.807, 2.05) is 32.6 Å². The van der Waals surface area contributed by atoms with Gasteiger partial charge in [-0.2, -0.15) is 0 Å². The van der Waals surface area contributed by atoms with Crippen molar-refractivity contribution in [3.8, 4) is 5.75 Å². The van der Waals surface area contributed by atoms with Crippen LogP contribution in [0.2, 0.25) is 0 Å². The fourth-order valence-electron chi connectivity index (χ4n) is 2.58. The molecule has 0 aromatic heterocycles. The number of hydrogen-bond acceptors (Lipinski definition) is 3. The van der Waals surface area contributed by atoms with Gasteiger partial charge in [-0.3, -0.25) is 9.69 Å². The molecule has 0 heterocycles. The van der Waals surface area contributed by atoms with Crippen molar-refractivity contribution in [3.63, 3.8) is 0 Å². The number of ether oxygens (including phenoxy) is 1. The summed E-state index contributed by atoms with van der Waals surface area (Å²) in [6.45, 7) is 8.17. The summed E-state index contributed by atoms with van der Waals surface area (Å²) < 4.78 is 19.5. The minimum absolute atomic E-state index is 0.0123. The zero-order valence-electron chi connectivity index (χ0n) is 13.3. The van der Waals surface area contributed by atoms with Gasteiger partial charge in [-0.1, -0.05) is 6.07 Å². The number of methoxy groups -OCH3 is 1. The molecular formula is C16H24FNO3. The molecule has 0 bridgehead atoms. The predicted molar refractivity (Wildman–Crippen MR) is 80.1 cm³/mol. The molecule has 1 aromatic rings. The van der Waals surface area contributed by atoms with E-state index >= 15 is 0 Å². The van der Waals surface area contributed by atoms with Crippen LogP contribution in [0.15, 0.2) is 18.2 Å². The van der Waals surface area contributed by atoms with Crippen molar-refractivity contribution >= 4 is 5.97 Å². The third kappa shape index (κ3) is 4.43. The fraction of sp³-hybridized carbons (Fsp3) is 0.562. The molecule has 1 aromatic carbocycles. The first-order chi connectivity index (χ1) is 9.68. The van der Waals surface area contributed by atoms with E-state index < -0.39 is 5.97 Å². The molecule has 0 amide bonds. The second-order valence-corrected chi connectivity index (χ2v) is 6.04. The monoisotopic (exact) mass is 297 g/mol. The van der Waals surface area contributed by atoms with E-state index in [-0.39, 0.29) is 23.8 Å². The van der Waals surface area contributed by atoms with Crippen molar-refractivity contribution in [2.45, 2.75) is 45.7 Å². The van der Waals surface area contributed by atoms with Gasteiger partial charge >= 0.3 is 5.97 Å². The first-order valence-corrected chi connectivity index (χ1v) is 6.99. The van der Waals surface area contributed by atoms with Gasteiger partial charge in [0.05, 0.1) is 13.5 Å². The molecule has 0 aliphatic carbocycles. The summed E-state index contributed by atoms with van der Waals surface area (Å²) in [4.78, 5) is 12.8. The summed E-state index contributed by atoms with van der Waals surface area (Å²) in [5.41, 5.74) is 0.169. The third-order valence-corrected chi connectivity index (χ3v) is 3.55. The van der Waals surface area contributed by atoms with Crippen LogP contribution in [0, 0.1) is 5.82 Å². The van der Waals surface area contributed by atoms with Crippen LogP contribution in [-0.2, 0) is 4.79 Å². The lowest BCUT2D eigenvalue weighted by Crippen LogP contribution is -2.44. The van der Waals surface area contributed by atoms with E-state index in [2.05, 4.69) is 0 Å². The SMILES string of the molecule is COc1cccc(F)c1C(C)N(CCC(=O)O)C(C)(C)C. The minimum Gasteiger partial charge on any atom is -0.496 e. The summed E-state index contributed by atoms with van der Waals surface area (Å²) in [5.74, 6) is -0.726. The second-order valence-electron chi connectivity index (χ2n) is 6.04. The largest absolute Gasteiger partial charge is 0.496 e. The Morgan fingerprint density at radius 3 is 2.52 bits per heavy atom. The molecule has 4 nitrogen and oxygen atoms in total. The van der Waals surface area contributed by atoms with Gasteiger partial charge in [-0.15, -0.1) is 0 Å². The number of halogens is 1. The Hall–Kier alpha value is -1.62. The zero-order chi connectivity index (χ0) is 16.2. The maximum atomic E-state index is 14.2. The highest BCUT2D eigenvalue weighted by molar-refractivity contribution is 5.66. The Labute approximate surface area is 125 Å². The highest BCUT2D eigenvalue weighted by atomic mass is 19.1. The Balaban J connectivity index is 3.16. The highest BCUT2D eigenvalue weighted by Crippen LogP contribution is 2.35. The summed E-state index contributed by atoms with van der Waals surface area (Å²) in [6, 6.07) is 4.42. The predicted octanol–water partition coefficient (Wildman–Crippen LogP) is 3.47. The maximum absolute atomic E-state index is 14.2. The average molecular weight is 297 g/mol. The van der Waals surface area contributed by atoms with Gasteiger partial charge < -0.3 is 9.84 Å². The highest BCUT2D eigenvalue weighted by Gasteiger charge is 2.30. The summed E-state index contributed by atoms with van der Waals surface area (Å²) >= 11 is 0. The standard InChI is InChI=1S/C16H24FNO3/c1-11(15-12(17)7-6-8-13(15)21-5)18(16(2,3)4)10-9-14(19)20/h6-8,11H,9-10H2,1-5H3,(H,19,20). The second kappa shape index (κ2) is 6.89. The molecule has 1 atom stereocenters. The van der Waals surface area contributed by atoms with Crippen molar-refractivity contribution in [2.24, 2.45) is 0 Å². The van der Waals surface area contributed by atoms with E-state index in [1.165, 1.54) is 13.2 Å². The van der Waals surface area contributed by atoms with Crippen LogP contribution in [0.1, 0.15) is 45.7 Å². The number of benzene rings is 1. The number of aliphatic carboxylic acids is 1. The van der Waals surface area contributed by atoms with Crippen LogP contribution < -0.4 is 4.74 Å². The Kier molecular flexibility index (Phi) is 5.72. The Morgan fingerprint density at radius 1 is 1.43 bits per heavy atom. The van der Waals surface area contributed by atoms with Crippen molar-refractivity contribution in [1.29, 1.82) is 0 Å². The molecule has 1 unspecified atom stereocenters. The molecule has 0 fully saturated rings. The lowest BCUT2D eigenvalue weighted by molar-refractivity contribution is -0.137. The molecule has 21 heavy (non-hydrogen) atoms. The normalized spacial score (nSPS) is 13.3. The van der Waals surface area contributed by atoms with E-state index in [4.69, 9.17) is 9.84 Å². The molecule has 0 saturated carbocycles. The summed E-state index contributed by atoms with van der Waals surface area (Å²) in [7, 11) is 1.50. The molecule has 0 aliphatic rings. The molecule has 0 radical (unpaired) electrons. The molecule has 0 aliphatic heterocycles. The molecule has 0 spiro atoms. The number of carbonyl (C=O) groups is 1. The average Bonchev–Trinajstić information content (AvgIpc) is 2.36. The first-order valence-electron chi connectivity index (χ1n) is 6.99. The Bertz CT molecular complexity index is 497. The topological polar surface area (TPSA) is 49.8 Å². The molecule has 0 saturated heterocycles. The zero-order valence-corrected chi connectivity index (χ0v) is 13.3. The number of carboxylic acids is 1. The molecule has 1 rings (SSSR count). The van der Waals surface area contributed by atoms with Crippen LogP contribution in [0.5, 0.6) is 5.75 Å². The number of carboxylic acid groups (broad SMARTS) is 1. The van der Waals surface area contributed by atoms with Gasteiger partial charge in [-0.05, 0) is 39.8 Å². The van der Waals surface area contributed by atoms with E-state index in [1.54, 1.807) is 12.1 Å². The fourth-order valence-corrected chi connectivity index (χ4v) is 2.58. The quantitative estimate of drug-likeness (QED) is 0.873. The summed E-state index contributed by atoms with van der Waals surface area (Å²) in [6.07, 6.45) is 0.0123. The van der Waals surface area contributed by atoms with Gasteiger partial charge in [0.25, 0.3) is 0 Å². The van der Waals surface area contributed by atoms with Crippen molar-refractivity contribution in [2.75, 3.05) is 13.7 Å².